The van der Waals surface area contributed by atoms with Crippen LogP contribution in [0.25, 0.3) is 11.2 Å². The van der Waals surface area contributed by atoms with Gasteiger partial charge in [0.25, 0.3) is 0 Å². The fourth-order valence-corrected chi connectivity index (χ4v) is 1.83. The maximum atomic E-state index is 6.12. The molecule has 1 aliphatic rings. The van der Waals surface area contributed by atoms with E-state index in [4.69, 9.17) is 5.73 Å². The first-order valence-corrected chi connectivity index (χ1v) is 4.77. The van der Waals surface area contributed by atoms with Crippen LogP contribution in [0.3, 0.4) is 0 Å². The van der Waals surface area contributed by atoms with Gasteiger partial charge in [-0.05, 0) is 25.0 Å². The molecule has 1 saturated carbocycles. The van der Waals surface area contributed by atoms with E-state index >= 15 is 0 Å². The van der Waals surface area contributed by atoms with Crippen LogP contribution in [0.5, 0.6) is 0 Å². The summed E-state index contributed by atoms with van der Waals surface area (Å²) in [7, 11) is 2.00. The van der Waals surface area contributed by atoms with Crippen LogP contribution in [-0.2, 0) is 12.6 Å². The van der Waals surface area contributed by atoms with Crippen LogP contribution < -0.4 is 5.73 Å². The Kier molecular flexibility index (Phi) is 1.32. The van der Waals surface area contributed by atoms with Gasteiger partial charge in [-0.3, -0.25) is 0 Å². The summed E-state index contributed by atoms with van der Waals surface area (Å²) in [5.41, 5.74) is 7.78. The highest BCUT2D eigenvalue weighted by molar-refractivity contribution is 5.71. The molecule has 4 heteroatoms. The van der Waals surface area contributed by atoms with E-state index in [2.05, 4.69) is 14.5 Å². The molecule has 1 aliphatic carbocycles. The first kappa shape index (κ1) is 7.94. The van der Waals surface area contributed by atoms with Crippen molar-refractivity contribution in [1.29, 1.82) is 0 Å². The Labute approximate surface area is 81.8 Å². The summed E-state index contributed by atoms with van der Waals surface area (Å²) in [6, 6.07) is 3.94. The molecular weight excluding hydrogens is 176 g/mol. The van der Waals surface area contributed by atoms with Crippen molar-refractivity contribution in [2.75, 3.05) is 0 Å². The number of fused-ring (bicyclic) bond motifs is 1. The second-order valence-electron chi connectivity index (χ2n) is 4.00. The van der Waals surface area contributed by atoms with Crippen molar-refractivity contribution in [3.05, 3.63) is 24.2 Å². The molecule has 4 nitrogen and oxygen atoms in total. The van der Waals surface area contributed by atoms with E-state index < -0.39 is 0 Å². The summed E-state index contributed by atoms with van der Waals surface area (Å²) in [5, 5.41) is 0. The van der Waals surface area contributed by atoms with Crippen molar-refractivity contribution in [3.8, 4) is 0 Å². The standard InChI is InChI=1S/C10H12N4/c1-14-7-3-2-6-12-8(7)13-9(14)10(11)4-5-10/h2-3,6H,4-5,11H2,1H3. The van der Waals surface area contributed by atoms with Crippen LogP contribution in [0.4, 0.5) is 0 Å². The molecule has 0 bridgehead atoms. The zero-order valence-corrected chi connectivity index (χ0v) is 8.07. The van der Waals surface area contributed by atoms with E-state index in [0.717, 1.165) is 29.8 Å². The maximum absolute atomic E-state index is 6.12. The Bertz CT molecular complexity index is 496. The van der Waals surface area contributed by atoms with Gasteiger partial charge in [0.2, 0.25) is 0 Å². The zero-order chi connectivity index (χ0) is 9.76. The molecule has 2 aromatic heterocycles. The molecule has 0 spiro atoms. The lowest BCUT2D eigenvalue weighted by Gasteiger charge is -2.07. The number of hydrogen-bond donors (Lipinski definition) is 1. The summed E-state index contributed by atoms with van der Waals surface area (Å²) >= 11 is 0. The van der Waals surface area contributed by atoms with E-state index in [1.165, 1.54) is 0 Å². The summed E-state index contributed by atoms with van der Waals surface area (Å²) in [4.78, 5) is 8.69. The lowest BCUT2D eigenvalue weighted by molar-refractivity contribution is 0.638. The maximum Gasteiger partial charge on any atom is 0.177 e. The van der Waals surface area contributed by atoms with Crippen molar-refractivity contribution in [2.24, 2.45) is 12.8 Å². The van der Waals surface area contributed by atoms with Gasteiger partial charge in [-0.2, -0.15) is 0 Å². The molecule has 0 aliphatic heterocycles. The molecule has 3 rings (SSSR count). The van der Waals surface area contributed by atoms with E-state index in [0.29, 0.717) is 0 Å². The topological polar surface area (TPSA) is 56.7 Å². The van der Waals surface area contributed by atoms with Crippen LogP contribution in [-0.4, -0.2) is 14.5 Å². The van der Waals surface area contributed by atoms with Gasteiger partial charge in [0.1, 0.15) is 5.82 Å². The molecule has 0 amide bonds. The molecule has 2 N–H and O–H groups in total. The Balaban J connectivity index is 2.31. The molecule has 0 radical (unpaired) electrons. The lowest BCUT2D eigenvalue weighted by atomic mass is 10.3. The van der Waals surface area contributed by atoms with Crippen molar-refractivity contribution in [2.45, 2.75) is 18.4 Å². The molecule has 14 heavy (non-hydrogen) atoms. The monoisotopic (exact) mass is 188 g/mol. The third kappa shape index (κ3) is 0.915. The van der Waals surface area contributed by atoms with Crippen molar-refractivity contribution in [3.63, 3.8) is 0 Å². The summed E-state index contributed by atoms with van der Waals surface area (Å²) in [6.07, 6.45) is 3.82. The van der Waals surface area contributed by atoms with Gasteiger partial charge in [0.15, 0.2) is 5.65 Å². The molecule has 0 saturated heterocycles. The minimum atomic E-state index is -0.185. The first-order valence-electron chi connectivity index (χ1n) is 4.77. The predicted octanol–water partition coefficient (Wildman–Crippen LogP) is 0.916. The molecule has 1 fully saturated rings. The van der Waals surface area contributed by atoms with Crippen molar-refractivity contribution < 1.29 is 0 Å². The van der Waals surface area contributed by atoms with E-state index in [-0.39, 0.29) is 5.54 Å². The number of nitrogens with two attached hydrogens (primary N) is 1. The SMILES string of the molecule is Cn1c(C2(N)CC2)nc2ncccc21. The second kappa shape index (κ2) is 2.33. The average molecular weight is 188 g/mol. The predicted molar refractivity (Wildman–Crippen MR) is 53.6 cm³/mol. The number of imidazole rings is 1. The molecule has 72 valence electrons. The Hall–Kier alpha value is -1.42. The summed E-state index contributed by atoms with van der Waals surface area (Å²) in [6.45, 7) is 0. The highest BCUT2D eigenvalue weighted by atomic mass is 15.1. The van der Waals surface area contributed by atoms with Gasteiger partial charge in [0.05, 0.1) is 11.1 Å². The van der Waals surface area contributed by atoms with Crippen molar-refractivity contribution >= 4 is 11.2 Å². The third-order valence-electron chi connectivity index (χ3n) is 2.89. The molecule has 2 aromatic rings. The number of aromatic nitrogens is 3. The second-order valence-corrected chi connectivity index (χ2v) is 4.00. The smallest absolute Gasteiger partial charge is 0.177 e. The highest BCUT2D eigenvalue weighted by Gasteiger charge is 2.44. The summed E-state index contributed by atoms with van der Waals surface area (Å²) < 4.78 is 2.05. The Morgan fingerprint density at radius 2 is 2.29 bits per heavy atom. The van der Waals surface area contributed by atoms with Crippen LogP contribution in [0.2, 0.25) is 0 Å². The minimum Gasteiger partial charge on any atom is -0.328 e. The normalized spacial score (nSPS) is 18.7. The number of hydrogen-bond acceptors (Lipinski definition) is 3. The number of pyridine rings is 1. The molecule has 0 aromatic carbocycles. The van der Waals surface area contributed by atoms with E-state index in [1.807, 2.05) is 19.2 Å². The van der Waals surface area contributed by atoms with Gasteiger partial charge in [0, 0.05) is 13.2 Å². The quantitative estimate of drug-likeness (QED) is 0.723. The van der Waals surface area contributed by atoms with Crippen molar-refractivity contribution in [1.82, 2.24) is 14.5 Å². The Morgan fingerprint density at radius 1 is 1.50 bits per heavy atom. The van der Waals surface area contributed by atoms with Crippen LogP contribution in [0.15, 0.2) is 18.3 Å². The van der Waals surface area contributed by atoms with Crippen LogP contribution in [0.1, 0.15) is 18.7 Å². The third-order valence-corrected chi connectivity index (χ3v) is 2.89. The van der Waals surface area contributed by atoms with Gasteiger partial charge in [-0.15, -0.1) is 0 Å². The molecular formula is C10H12N4. The van der Waals surface area contributed by atoms with Gasteiger partial charge in [-0.25, -0.2) is 9.97 Å². The zero-order valence-electron chi connectivity index (χ0n) is 8.07. The largest absolute Gasteiger partial charge is 0.328 e. The highest BCUT2D eigenvalue weighted by Crippen LogP contribution is 2.42. The number of aryl methyl sites for hydroxylation is 1. The van der Waals surface area contributed by atoms with E-state index in [1.54, 1.807) is 6.20 Å². The minimum absolute atomic E-state index is 0.185. The fraction of sp³-hybridized carbons (Fsp3) is 0.400. The van der Waals surface area contributed by atoms with Gasteiger partial charge in [-0.1, -0.05) is 0 Å². The summed E-state index contributed by atoms with van der Waals surface area (Å²) in [5.74, 6) is 0.964. The van der Waals surface area contributed by atoms with Crippen LogP contribution >= 0.6 is 0 Å². The van der Waals surface area contributed by atoms with Gasteiger partial charge >= 0.3 is 0 Å². The van der Waals surface area contributed by atoms with Crippen LogP contribution in [0, 0.1) is 0 Å². The average Bonchev–Trinajstić information content (AvgIpc) is 2.84. The molecule has 0 unspecified atom stereocenters. The Morgan fingerprint density at radius 3 is 2.93 bits per heavy atom. The number of nitrogens with zero attached hydrogens (tertiary/aromatic N) is 3. The number of rotatable bonds is 1. The fourth-order valence-electron chi connectivity index (χ4n) is 1.83. The first-order chi connectivity index (χ1) is 6.71. The van der Waals surface area contributed by atoms with Gasteiger partial charge < -0.3 is 10.3 Å². The molecule has 0 atom stereocenters. The van der Waals surface area contributed by atoms with E-state index in [9.17, 15) is 0 Å². The lowest BCUT2D eigenvalue weighted by Crippen LogP contribution is -2.23. The molecule has 2 heterocycles.